The van der Waals surface area contributed by atoms with Gasteiger partial charge in [-0.2, -0.15) is 0 Å². The number of carbonyl (C=O) groups is 1. The van der Waals surface area contributed by atoms with E-state index in [2.05, 4.69) is 13.8 Å². The zero-order valence-electron chi connectivity index (χ0n) is 18.8. The molecular formula is C26H42Cl2O. The highest BCUT2D eigenvalue weighted by Gasteiger charge is 2.78. The van der Waals surface area contributed by atoms with Gasteiger partial charge >= 0.3 is 0 Å². The predicted molar refractivity (Wildman–Crippen MR) is 123 cm³/mol. The van der Waals surface area contributed by atoms with Gasteiger partial charge in [0.2, 0.25) is 0 Å². The minimum absolute atomic E-state index is 0.425. The van der Waals surface area contributed by atoms with Crippen LogP contribution >= 0.6 is 23.2 Å². The van der Waals surface area contributed by atoms with Crippen LogP contribution in [0, 0.1) is 34.5 Å². The van der Waals surface area contributed by atoms with Gasteiger partial charge < -0.3 is 0 Å². The van der Waals surface area contributed by atoms with Crippen molar-refractivity contribution in [1.29, 1.82) is 0 Å². The Labute approximate surface area is 189 Å². The first kappa shape index (κ1) is 22.4. The number of rotatable bonds is 5. The smallest absolute Gasteiger partial charge is 0.151 e. The van der Waals surface area contributed by atoms with Gasteiger partial charge in [-0.3, -0.25) is 4.79 Å². The maximum Gasteiger partial charge on any atom is 0.151 e. The zero-order valence-corrected chi connectivity index (χ0v) is 20.3. The van der Waals surface area contributed by atoms with Gasteiger partial charge in [-0.05, 0) is 87.9 Å². The summed E-state index contributed by atoms with van der Waals surface area (Å²) in [7, 11) is 0. The van der Waals surface area contributed by atoms with E-state index in [4.69, 9.17) is 23.2 Å². The highest BCUT2D eigenvalue weighted by atomic mass is 35.5. The number of unbranched alkanes of at least 4 members (excludes halogenated alkanes) is 2. The van der Waals surface area contributed by atoms with Crippen LogP contribution in [0.3, 0.4) is 0 Å². The lowest BCUT2D eigenvalue weighted by atomic mass is 9.42. The van der Waals surface area contributed by atoms with Crippen LogP contribution in [0.25, 0.3) is 0 Å². The molecule has 0 heterocycles. The molecule has 2 spiro atoms. The molecule has 0 atom stereocenters. The average molecular weight is 442 g/mol. The van der Waals surface area contributed by atoms with Gasteiger partial charge in [-0.25, -0.2) is 0 Å². The van der Waals surface area contributed by atoms with E-state index in [0.29, 0.717) is 11.7 Å². The SMILES string of the molecule is CCCCCC1CCC(C2CCC3(CC2)C(=O)C2(CCC(C)CC2)C3(Cl)Cl)CC1. The maximum atomic E-state index is 13.5. The van der Waals surface area contributed by atoms with E-state index in [9.17, 15) is 4.79 Å². The lowest BCUT2D eigenvalue weighted by molar-refractivity contribution is -0.172. The van der Waals surface area contributed by atoms with Crippen molar-refractivity contribution in [3.8, 4) is 0 Å². The summed E-state index contributed by atoms with van der Waals surface area (Å²) >= 11 is 14.2. The number of Topliss-reactive ketones (excluding diaryl/α,β-unsaturated/α-hetero) is 1. The van der Waals surface area contributed by atoms with Crippen LogP contribution in [0.15, 0.2) is 0 Å². The van der Waals surface area contributed by atoms with Crippen molar-refractivity contribution in [2.75, 3.05) is 0 Å². The Balaban J connectivity index is 1.30. The quantitative estimate of drug-likeness (QED) is 0.309. The van der Waals surface area contributed by atoms with Crippen molar-refractivity contribution in [3.63, 3.8) is 0 Å². The Morgan fingerprint density at radius 2 is 1.31 bits per heavy atom. The van der Waals surface area contributed by atoms with Gasteiger partial charge in [-0.1, -0.05) is 75.6 Å². The van der Waals surface area contributed by atoms with Crippen molar-refractivity contribution in [2.45, 2.75) is 121 Å². The molecule has 0 radical (unpaired) electrons. The Bertz CT molecular complexity index is 574. The normalized spacial score (nSPS) is 44.8. The van der Waals surface area contributed by atoms with E-state index >= 15 is 0 Å². The van der Waals surface area contributed by atoms with Crippen molar-refractivity contribution in [3.05, 3.63) is 0 Å². The van der Waals surface area contributed by atoms with E-state index in [1.165, 1.54) is 64.2 Å². The Morgan fingerprint density at radius 1 is 0.793 bits per heavy atom. The summed E-state index contributed by atoms with van der Waals surface area (Å²) < 4.78 is -0.820. The van der Waals surface area contributed by atoms with E-state index in [0.717, 1.165) is 56.3 Å². The highest BCUT2D eigenvalue weighted by Crippen LogP contribution is 2.74. The van der Waals surface area contributed by atoms with Gasteiger partial charge in [0, 0.05) is 0 Å². The molecule has 4 fully saturated rings. The molecule has 3 heteroatoms. The van der Waals surface area contributed by atoms with Gasteiger partial charge in [0.25, 0.3) is 0 Å². The topological polar surface area (TPSA) is 17.1 Å². The molecule has 0 saturated heterocycles. The van der Waals surface area contributed by atoms with Crippen LogP contribution in [-0.2, 0) is 4.79 Å². The molecule has 0 aromatic rings. The van der Waals surface area contributed by atoms with Crippen LogP contribution in [0.2, 0.25) is 0 Å². The van der Waals surface area contributed by atoms with E-state index in [-0.39, 0.29) is 0 Å². The monoisotopic (exact) mass is 440 g/mol. The number of carbonyl (C=O) groups excluding carboxylic acids is 1. The first-order valence-electron chi connectivity index (χ1n) is 12.8. The molecule has 0 amide bonds. The highest BCUT2D eigenvalue weighted by molar-refractivity contribution is 6.55. The molecule has 0 bridgehead atoms. The third-order valence-electron chi connectivity index (χ3n) is 9.86. The van der Waals surface area contributed by atoms with Crippen molar-refractivity contribution < 1.29 is 4.79 Å². The third kappa shape index (κ3) is 3.63. The Kier molecular flexibility index (Phi) is 6.69. The maximum absolute atomic E-state index is 13.5. The van der Waals surface area contributed by atoms with Crippen LogP contribution in [0.4, 0.5) is 0 Å². The Morgan fingerprint density at radius 3 is 1.83 bits per heavy atom. The second-order valence-corrected chi connectivity index (χ2v) is 12.7. The first-order chi connectivity index (χ1) is 13.9. The number of halogens is 2. The molecule has 4 saturated carbocycles. The van der Waals surface area contributed by atoms with Crippen LogP contribution < -0.4 is 0 Å². The van der Waals surface area contributed by atoms with Gasteiger partial charge in [-0.15, -0.1) is 0 Å². The Hall–Kier alpha value is 0.250. The fourth-order valence-electron chi connectivity index (χ4n) is 7.71. The number of hydrogen-bond acceptors (Lipinski definition) is 1. The summed E-state index contributed by atoms with van der Waals surface area (Å²) in [6.45, 7) is 4.59. The summed E-state index contributed by atoms with van der Waals surface area (Å²) in [6.07, 6.45) is 19.6. The van der Waals surface area contributed by atoms with E-state index < -0.39 is 15.2 Å². The molecule has 4 aliphatic rings. The molecule has 4 aliphatic carbocycles. The third-order valence-corrected chi connectivity index (χ3v) is 11.3. The molecule has 0 aromatic carbocycles. The van der Waals surface area contributed by atoms with Crippen molar-refractivity contribution in [2.24, 2.45) is 34.5 Å². The van der Waals surface area contributed by atoms with E-state index in [1.54, 1.807) is 0 Å². The molecule has 0 N–H and O–H groups in total. The number of ketones is 1. The largest absolute Gasteiger partial charge is 0.298 e. The molecule has 4 rings (SSSR count). The first-order valence-corrected chi connectivity index (χ1v) is 13.5. The minimum Gasteiger partial charge on any atom is -0.298 e. The molecule has 0 aliphatic heterocycles. The molecule has 1 nitrogen and oxygen atoms in total. The zero-order chi connectivity index (χ0) is 20.7. The van der Waals surface area contributed by atoms with Gasteiger partial charge in [0.1, 0.15) is 4.33 Å². The number of alkyl halides is 2. The number of hydrogen-bond donors (Lipinski definition) is 0. The summed E-state index contributed by atoms with van der Waals surface area (Å²) in [5, 5.41) is 0. The summed E-state index contributed by atoms with van der Waals surface area (Å²) in [5.41, 5.74) is -0.851. The molecule has 166 valence electrons. The standard InChI is InChI=1S/C26H42Cl2O/c1-3-4-5-6-20-7-9-21(10-8-20)22-13-17-25(18-14-22)23(29)24(26(25,27)28)15-11-19(2)12-16-24/h19-22H,3-18H2,1-2H3. The van der Waals surface area contributed by atoms with Crippen LogP contribution in [0.5, 0.6) is 0 Å². The lowest BCUT2D eigenvalue weighted by Crippen LogP contribution is -2.74. The van der Waals surface area contributed by atoms with Crippen molar-refractivity contribution in [1.82, 2.24) is 0 Å². The average Bonchev–Trinajstić information content (AvgIpc) is 2.74. The predicted octanol–water partition coefficient (Wildman–Crippen LogP) is 8.50. The van der Waals surface area contributed by atoms with Crippen molar-refractivity contribution >= 4 is 29.0 Å². The van der Waals surface area contributed by atoms with E-state index in [1.807, 2.05) is 0 Å². The molecule has 0 aromatic heterocycles. The minimum atomic E-state index is -0.820. The second-order valence-electron chi connectivity index (χ2n) is 11.4. The molecule has 0 unspecified atom stereocenters. The lowest BCUT2D eigenvalue weighted by Gasteiger charge is -2.67. The second kappa shape index (κ2) is 8.65. The van der Waals surface area contributed by atoms with Gasteiger partial charge in [0.05, 0.1) is 10.8 Å². The summed E-state index contributed by atoms with van der Waals surface area (Å²) in [5.74, 6) is 3.82. The molecule has 29 heavy (non-hydrogen) atoms. The fraction of sp³-hybridized carbons (Fsp3) is 0.962. The fourth-order valence-corrected chi connectivity index (χ4v) is 8.81. The van der Waals surface area contributed by atoms with Crippen LogP contribution in [0.1, 0.15) is 117 Å². The summed E-state index contributed by atoms with van der Waals surface area (Å²) in [4.78, 5) is 13.5. The van der Waals surface area contributed by atoms with Crippen LogP contribution in [-0.4, -0.2) is 10.1 Å². The molecular weight excluding hydrogens is 399 g/mol. The van der Waals surface area contributed by atoms with Gasteiger partial charge in [0.15, 0.2) is 5.78 Å². The summed E-state index contributed by atoms with van der Waals surface area (Å²) in [6, 6.07) is 0.